The summed E-state index contributed by atoms with van der Waals surface area (Å²) in [5.74, 6) is 0.683. The van der Waals surface area contributed by atoms with Gasteiger partial charge in [-0.1, -0.05) is 33.6 Å². The van der Waals surface area contributed by atoms with Gasteiger partial charge in [0.2, 0.25) is 0 Å². The number of hydrogen-bond donors (Lipinski definition) is 1. The summed E-state index contributed by atoms with van der Waals surface area (Å²) in [7, 11) is 0. The Morgan fingerprint density at radius 3 is 2.38 bits per heavy atom. The van der Waals surface area contributed by atoms with Gasteiger partial charge in [-0.3, -0.25) is 0 Å². The third-order valence-electron chi connectivity index (χ3n) is 2.65. The third kappa shape index (κ3) is 7.39. The van der Waals surface area contributed by atoms with Crippen LogP contribution in [0.4, 0.5) is 0 Å². The van der Waals surface area contributed by atoms with Crippen LogP contribution in [0.3, 0.4) is 0 Å². The van der Waals surface area contributed by atoms with Crippen LogP contribution in [0, 0.1) is 5.92 Å². The molecule has 0 heterocycles. The number of hydrogen-bond acceptors (Lipinski definition) is 2. The van der Waals surface area contributed by atoms with Gasteiger partial charge in [0.05, 0.1) is 0 Å². The largest absolute Gasteiger partial charge is 0.396 e. The van der Waals surface area contributed by atoms with Crippen LogP contribution in [0.25, 0.3) is 0 Å². The summed E-state index contributed by atoms with van der Waals surface area (Å²) in [4.78, 5) is 0. The minimum absolute atomic E-state index is 0.340. The summed E-state index contributed by atoms with van der Waals surface area (Å²) in [5.41, 5.74) is 0. The van der Waals surface area contributed by atoms with Crippen molar-refractivity contribution in [1.29, 1.82) is 0 Å². The Balaban J connectivity index is 3.44. The van der Waals surface area contributed by atoms with E-state index in [0.717, 1.165) is 6.42 Å². The summed E-state index contributed by atoms with van der Waals surface area (Å²) >= 11 is 1.94. The highest BCUT2D eigenvalue weighted by Crippen LogP contribution is 2.28. The topological polar surface area (TPSA) is 20.2 Å². The van der Waals surface area contributed by atoms with Crippen molar-refractivity contribution < 1.29 is 5.11 Å². The second-order valence-corrected chi connectivity index (χ2v) is 5.99. The summed E-state index contributed by atoms with van der Waals surface area (Å²) in [6.07, 6.45) is 6.96. The maximum Gasteiger partial charge on any atom is 0.0433 e. The smallest absolute Gasteiger partial charge is 0.0433 e. The summed E-state index contributed by atoms with van der Waals surface area (Å²) in [6.45, 7) is 7.16. The first-order valence-electron chi connectivity index (χ1n) is 5.18. The second-order valence-electron chi connectivity index (χ2n) is 4.47. The fraction of sp³-hybridized carbons (Fsp3) is 1.00. The Hall–Kier alpha value is 0.310. The van der Waals surface area contributed by atoms with Gasteiger partial charge in [-0.2, -0.15) is 11.8 Å². The lowest BCUT2D eigenvalue weighted by Crippen LogP contribution is -2.14. The van der Waals surface area contributed by atoms with Gasteiger partial charge in [-0.05, 0) is 25.0 Å². The Morgan fingerprint density at radius 2 is 1.92 bits per heavy atom. The average Bonchev–Trinajstić information content (AvgIpc) is 2.05. The Morgan fingerprint density at radius 1 is 1.31 bits per heavy atom. The molecule has 2 heteroatoms. The van der Waals surface area contributed by atoms with E-state index in [1.807, 2.05) is 11.8 Å². The summed E-state index contributed by atoms with van der Waals surface area (Å²) in [6, 6.07) is 0. The number of aliphatic hydroxyl groups excluding tert-OH is 1. The van der Waals surface area contributed by atoms with Gasteiger partial charge in [0.1, 0.15) is 0 Å². The standard InChI is InChI=1S/C11H24OS/c1-10(7-9-12)6-5-8-11(2,3)13-4/h10,12H,5-9H2,1-4H3. The Kier molecular flexibility index (Phi) is 6.88. The van der Waals surface area contributed by atoms with Crippen LogP contribution < -0.4 is 0 Å². The van der Waals surface area contributed by atoms with Gasteiger partial charge >= 0.3 is 0 Å². The molecular weight excluding hydrogens is 180 g/mol. The maximum atomic E-state index is 8.74. The lowest BCUT2D eigenvalue weighted by atomic mass is 9.97. The van der Waals surface area contributed by atoms with Gasteiger partial charge in [0, 0.05) is 11.4 Å². The first-order valence-corrected chi connectivity index (χ1v) is 6.40. The molecule has 0 spiro atoms. The van der Waals surface area contributed by atoms with E-state index >= 15 is 0 Å². The molecule has 80 valence electrons. The van der Waals surface area contributed by atoms with E-state index in [-0.39, 0.29) is 0 Å². The molecule has 1 unspecified atom stereocenters. The predicted molar refractivity (Wildman–Crippen MR) is 62.3 cm³/mol. The molecule has 1 atom stereocenters. The molecule has 0 aliphatic heterocycles. The van der Waals surface area contributed by atoms with E-state index in [1.165, 1.54) is 19.3 Å². The van der Waals surface area contributed by atoms with Gasteiger partial charge < -0.3 is 5.11 Å². The van der Waals surface area contributed by atoms with Gasteiger partial charge in [0.25, 0.3) is 0 Å². The highest BCUT2D eigenvalue weighted by atomic mass is 32.2. The first kappa shape index (κ1) is 13.3. The molecular formula is C11H24OS. The van der Waals surface area contributed by atoms with Crippen LogP contribution in [0.2, 0.25) is 0 Å². The molecule has 0 rings (SSSR count). The minimum Gasteiger partial charge on any atom is -0.396 e. The molecule has 0 amide bonds. The first-order chi connectivity index (χ1) is 6.02. The molecule has 0 bridgehead atoms. The maximum absolute atomic E-state index is 8.74. The zero-order valence-electron chi connectivity index (χ0n) is 9.47. The number of thioether (sulfide) groups is 1. The molecule has 1 N–H and O–H groups in total. The van der Waals surface area contributed by atoms with Gasteiger partial charge in [-0.25, -0.2) is 0 Å². The van der Waals surface area contributed by atoms with Crippen LogP contribution >= 0.6 is 11.8 Å². The Labute approximate surface area is 87.3 Å². The van der Waals surface area contributed by atoms with Crippen LogP contribution in [0.15, 0.2) is 0 Å². The van der Waals surface area contributed by atoms with E-state index < -0.39 is 0 Å². The van der Waals surface area contributed by atoms with Crippen LogP contribution in [0.5, 0.6) is 0 Å². The van der Waals surface area contributed by atoms with E-state index in [0.29, 0.717) is 17.3 Å². The van der Waals surface area contributed by atoms with E-state index in [2.05, 4.69) is 27.0 Å². The molecule has 0 fully saturated rings. The van der Waals surface area contributed by atoms with Crippen molar-refractivity contribution in [3.8, 4) is 0 Å². The lowest BCUT2D eigenvalue weighted by Gasteiger charge is -2.22. The van der Waals surface area contributed by atoms with Crippen LogP contribution in [-0.4, -0.2) is 22.7 Å². The van der Waals surface area contributed by atoms with Crippen molar-refractivity contribution in [3.63, 3.8) is 0 Å². The fourth-order valence-electron chi connectivity index (χ4n) is 1.34. The zero-order valence-corrected chi connectivity index (χ0v) is 10.3. The van der Waals surface area contributed by atoms with Crippen molar-refractivity contribution >= 4 is 11.8 Å². The normalized spacial score (nSPS) is 14.5. The van der Waals surface area contributed by atoms with Crippen molar-refractivity contribution in [2.24, 2.45) is 5.92 Å². The predicted octanol–water partition coefficient (Wildman–Crippen LogP) is 3.32. The number of aliphatic hydroxyl groups is 1. The highest BCUT2D eigenvalue weighted by molar-refractivity contribution is 7.99. The van der Waals surface area contributed by atoms with E-state index in [9.17, 15) is 0 Å². The van der Waals surface area contributed by atoms with Crippen molar-refractivity contribution in [1.82, 2.24) is 0 Å². The van der Waals surface area contributed by atoms with Crippen molar-refractivity contribution in [3.05, 3.63) is 0 Å². The lowest BCUT2D eigenvalue weighted by molar-refractivity contribution is 0.256. The van der Waals surface area contributed by atoms with Crippen molar-refractivity contribution in [2.45, 2.75) is 51.2 Å². The zero-order chi connectivity index (χ0) is 10.3. The second kappa shape index (κ2) is 6.72. The number of rotatable bonds is 7. The molecule has 0 aromatic rings. The van der Waals surface area contributed by atoms with Gasteiger partial charge in [-0.15, -0.1) is 0 Å². The van der Waals surface area contributed by atoms with E-state index in [1.54, 1.807) is 0 Å². The molecule has 0 aliphatic rings. The minimum atomic E-state index is 0.340. The third-order valence-corrected chi connectivity index (χ3v) is 3.96. The molecule has 0 saturated carbocycles. The highest BCUT2D eigenvalue weighted by Gasteiger charge is 2.15. The summed E-state index contributed by atoms with van der Waals surface area (Å²) < 4.78 is 0.429. The Bertz CT molecular complexity index is 123. The van der Waals surface area contributed by atoms with Crippen molar-refractivity contribution in [2.75, 3.05) is 12.9 Å². The van der Waals surface area contributed by atoms with Gasteiger partial charge in [0.15, 0.2) is 0 Å². The monoisotopic (exact) mass is 204 g/mol. The summed E-state index contributed by atoms with van der Waals surface area (Å²) in [5, 5.41) is 8.74. The molecule has 0 saturated heterocycles. The molecule has 0 aromatic heterocycles. The van der Waals surface area contributed by atoms with E-state index in [4.69, 9.17) is 5.11 Å². The quantitative estimate of drug-likeness (QED) is 0.686. The SMILES string of the molecule is CSC(C)(C)CCCC(C)CCO. The molecule has 13 heavy (non-hydrogen) atoms. The van der Waals surface area contributed by atoms with Crippen LogP contribution in [-0.2, 0) is 0 Å². The average molecular weight is 204 g/mol. The molecule has 0 aromatic carbocycles. The molecule has 0 aliphatic carbocycles. The molecule has 1 nitrogen and oxygen atoms in total. The van der Waals surface area contributed by atoms with Crippen LogP contribution in [0.1, 0.15) is 46.5 Å². The fourth-order valence-corrected chi connectivity index (χ4v) is 1.69. The molecule has 0 radical (unpaired) electrons.